The molecule has 1 aromatic rings. The Balaban J connectivity index is 1.35. The molecule has 0 amide bonds. The molecule has 0 saturated heterocycles. The van der Waals surface area contributed by atoms with Gasteiger partial charge in [0.1, 0.15) is 11.9 Å². The molecule has 42 heavy (non-hydrogen) atoms. The maximum Gasteiger partial charge on any atom is 0.460 e. The summed E-state index contributed by atoms with van der Waals surface area (Å²) in [7, 11) is 1.41. The third-order valence-electron chi connectivity index (χ3n) is 10.0. The van der Waals surface area contributed by atoms with Crippen molar-refractivity contribution in [3.05, 3.63) is 41.2 Å². The lowest BCUT2D eigenvalue weighted by molar-refractivity contribution is -0.347. The van der Waals surface area contributed by atoms with E-state index in [1.54, 1.807) is 12.1 Å². The van der Waals surface area contributed by atoms with Crippen molar-refractivity contribution in [1.82, 2.24) is 4.90 Å². The molecule has 2 N–H and O–H groups in total. The molecule has 0 unspecified atom stereocenters. The summed E-state index contributed by atoms with van der Waals surface area (Å²) in [6.45, 7) is 1.66. The van der Waals surface area contributed by atoms with Crippen LogP contribution in [0.2, 0.25) is 0 Å². The van der Waals surface area contributed by atoms with Crippen LogP contribution in [0.5, 0.6) is 5.75 Å². The summed E-state index contributed by atoms with van der Waals surface area (Å²) in [5.41, 5.74) is 1.34. The van der Waals surface area contributed by atoms with Crippen LogP contribution in [0.4, 0.5) is 39.5 Å². The second-order valence-corrected chi connectivity index (χ2v) is 12.7. The van der Waals surface area contributed by atoms with Gasteiger partial charge in [-0.1, -0.05) is 25.8 Å². The zero-order chi connectivity index (χ0) is 31.3. The maximum absolute atomic E-state index is 15.8. The number of allylic oxidation sites excluding steroid dienone is 1. The molecule has 238 valence electrons. The van der Waals surface area contributed by atoms with Crippen LogP contribution in [0.15, 0.2) is 30.1 Å². The molecule has 3 aliphatic rings. The van der Waals surface area contributed by atoms with E-state index in [1.165, 1.54) is 11.9 Å². The molecule has 4 rings (SSSR count). The summed E-state index contributed by atoms with van der Waals surface area (Å²) in [6, 6.07) is 5.09. The van der Waals surface area contributed by atoms with Gasteiger partial charge in [-0.15, -0.1) is 0 Å². The summed E-state index contributed by atoms with van der Waals surface area (Å²) < 4.78 is 119. The molecule has 0 radical (unpaired) electrons. The first-order valence-corrected chi connectivity index (χ1v) is 14.4. The number of unbranched alkanes of at least 4 members (excludes halogenated alkanes) is 2. The SMILES string of the molecule is CN(CC=C(F)C(F)(F)C(F)(F)C(F)(F)F)CCCCC[C@@H]1Cc2cc(O)ccc2[C@@H]2[C@@H]1[C@@H]1CC[C@H](O)[C@@]1(C)C[C@@H]2F. The van der Waals surface area contributed by atoms with Crippen LogP contribution < -0.4 is 0 Å². The highest BCUT2D eigenvalue weighted by molar-refractivity contribution is 5.41. The largest absolute Gasteiger partial charge is 0.508 e. The Morgan fingerprint density at radius 3 is 2.43 bits per heavy atom. The van der Waals surface area contributed by atoms with Gasteiger partial charge in [-0.2, -0.15) is 30.7 Å². The van der Waals surface area contributed by atoms with E-state index in [-0.39, 0.29) is 48.5 Å². The number of phenolic OH excluding ortho intramolecular Hbond substituents is 1. The van der Waals surface area contributed by atoms with Crippen molar-refractivity contribution in [3.8, 4) is 5.75 Å². The fourth-order valence-corrected chi connectivity index (χ4v) is 7.78. The number of phenols is 1. The summed E-state index contributed by atoms with van der Waals surface area (Å²) in [4.78, 5) is 1.34. The van der Waals surface area contributed by atoms with E-state index in [9.17, 15) is 45.3 Å². The number of likely N-dealkylation sites (N-methyl/N-ethyl adjacent to an activating group) is 1. The van der Waals surface area contributed by atoms with Gasteiger partial charge >= 0.3 is 18.0 Å². The number of aromatic hydroxyl groups is 1. The number of nitrogens with zero attached hydrogens (tertiary/aromatic N) is 1. The van der Waals surface area contributed by atoms with Crippen LogP contribution >= 0.6 is 0 Å². The molecule has 7 atom stereocenters. The summed E-state index contributed by atoms with van der Waals surface area (Å²) in [6.07, 6.45) is -3.15. The van der Waals surface area contributed by atoms with E-state index in [0.29, 0.717) is 25.7 Å². The van der Waals surface area contributed by atoms with Gasteiger partial charge in [0.2, 0.25) is 0 Å². The topological polar surface area (TPSA) is 43.7 Å². The van der Waals surface area contributed by atoms with Crippen LogP contribution in [0.25, 0.3) is 0 Å². The van der Waals surface area contributed by atoms with Crippen molar-refractivity contribution in [2.45, 2.75) is 94.5 Å². The molecular formula is C30H38F9NO2. The Morgan fingerprint density at radius 2 is 1.76 bits per heavy atom. The zero-order valence-electron chi connectivity index (χ0n) is 23.6. The smallest absolute Gasteiger partial charge is 0.460 e. The van der Waals surface area contributed by atoms with Crippen LogP contribution in [-0.4, -0.2) is 65.5 Å². The maximum atomic E-state index is 15.8. The Hall–Kier alpha value is -1.95. The Labute approximate surface area is 239 Å². The van der Waals surface area contributed by atoms with Crippen molar-refractivity contribution in [2.24, 2.45) is 23.2 Å². The van der Waals surface area contributed by atoms with Gasteiger partial charge in [-0.05, 0) is 105 Å². The molecule has 0 aromatic heterocycles. The number of aliphatic hydroxyl groups excluding tert-OH is 1. The van der Waals surface area contributed by atoms with Crippen LogP contribution in [0.3, 0.4) is 0 Å². The number of halogens is 9. The van der Waals surface area contributed by atoms with Crippen molar-refractivity contribution >= 4 is 0 Å². The molecule has 2 fully saturated rings. The third kappa shape index (κ3) is 5.90. The van der Waals surface area contributed by atoms with Gasteiger partial charge in [0.05, 0.1) is 6.10 Å². The fraction of sp³-hybridized carbons (Fsp3) is 0.733. The standard InChI is InChI=1S/C30H38F9NO2/c1-27-16-22(31)26-20-8-7-19(41)15-18(20)14-17(25(26)21(27)9-10-24(27)42)6-4-3-5-12-40(2)13-11-23(32)28(33,34)29(35,36)30(37,38)39/h7-8,11,15,17,21-22,24-26,41-42H,3-6,9-10,12-14,16H2,1-2H3/t17-,21+,22+,24+,25+,26+,27+/m1/s1. The Morgan fingerprint density at radius 1 is 1.07 bits per heavy atom. The van der Waals surface area contributed by atoms with Gasteiger partial charge in [-0.25, -0.2) is 8.78 Å². The lowest BCUT2D eigenvalue weighted by Gasteiger charge is -2.54. The number of rotatable bonds is 10. The minimum atomic E-state index is -6.60. The number of hydrogen-bond acceptors (Lipinski definition) is 3. The predicted octanol–water partition coefficient (Wildman–Crippen LogP) is 7.96. The molecular weight excluding hydrogens is 577 g/mol. The minimum absolute atomic E-state index is 0.0280. The van der Waals surface area contributed by atoms with Crippen LogP contribution in [0.1, 0.15) is 68.9 Å². The number of fused-ring (bicyclic) bond motifs is 5. The Bertz CT molecular complexity index is 1140. The molecule has 2 saturated carbocycles. The minimum Gasteiger partial charge on any atom is -0.508 e. The van der Waals surface area contributed by atoms with E-state index in [4.69, 9.17) is 0 Å². The molecule has 0 bridgehead atoms. The Kier molecular flexibility index (Phi) is 9.30. The predicted molar refractivity (Wildman–Crippen MR) is 139 cm³/mol. The lowest BCUT2D eigenvalue weighted by atomic mass is 9.51. The first kappa shape index (κ1) is 33.0. The highest BCUT2D eigenvalue weighted by Crippen LogP contribution is 2.63. The molecule has 1 aromatic carbocycles. The van der Waals surface area contributed by atoms with Crippen molar-refractivity contribution in [3.63, 3.8) is 0 Å². The molecule has 3 aliphatic carbocycles. The van der Waals surface area contributed by atoms with Crippen molar-refractivity contribution in [1.29, 1.82) is 0 Å². The molecule has 0 heterocycles. The first-order chi connectivity index (χ1) is 19.4. The van der Waals surface area contributed by atoms with E-state index in [2.05, 4.69) is 0 Å². The van der Waals surface area contributed by atoms with Gasteiger partial charge in [-0.3, -0.25) is 0 Å². The van der Waals surface area contributed by atoms with Crippen molar-refractivity contribution < 1.29 is 49.7 Å². The number of benzene rings is 1. The van der Waals surface area contributed by atoms with E-state index in [1.807, 2.05) is 13.0 Å². The molecule has 0 spiro atoms. The number of hydrogen-bond donors (Lipinski definition) is 2. The number of aliphatic hydroxyl groups is 1. The van der Waals surface area contributed by atoms with Crippen LogP contribution in [0, 0.1) is 23.2 Å². The fourth-order valence-electron chi connectivity index (χ4n) is 7.78. The van der Waals surface area contributed by atoms with E-state index in [0.717, 1.165) is 30.4 Å². The second-order valence-electron chi connectivity index (χ2n) is 12.7. The molecule has 0 aliphatic heterocycles. The van der Waals surface area contributed by atoms with Gasteiger partial charge in [0, 0.05) is 12.5 Å². The van der Waals surface area contributed by atoms with Crippen LogP contribution in [-0.2, 0) is 6.42 Å². The summed E-state index contributed by atoms with van der Waals surface area (Å²) in [5.74, 6) is -15.3. The monoisotopic (exact) mass is 615 g/mol. The summed E-state index contributed by atoms with van der Waals surface area (Å²) in [5, 5.41) is 20.8. The normalized spacial score (nSPS) is 32.1. The highest BCUT2D eigenvalue weighted by Gasteiger charge is 2.75. The second kappa shape index (κ2) is 11.9. The van der Waals surface area contributed by atoms with Crippen molar-refractivity contribution in [2.75, 3.05) is 20.1 Å². The lowest BCUT2D eigenvalue weighted by Crippen LogP contribution is -2.52. The zero-order valence-corrected chi connectivity index (χ0v) is 23.6. The number of alkyl halides is 8. The highest BCUT2D eigenvalue weighted by atomic mass is 19.4. The third-order valence-corrected chi connectivity index (χ3v) is 10.0. The molecule has 3 nitrogen and oxygen atoms in total. The summed E-state index contributed by atoms with van der Waals surface area (Å²) >= 11 is 0. The molecule has 12 heteroatoms. The average molecular weight is 616 g/mol. The average Bonchev–Trinajstić information content (AvgIpc) is 3.19. The quantitative estimate of drug-likeness (QED) is 0.207. The van der Waals surface area contributed by atoms with Gasteiger partial charge in [0.15, 0.2) is 5.83 Å². The van der Waals surface area contributed by atoms with E-state index < -0.39 is 48.1 Å². The first-order valence-electron chi connectivity index (χ1n) is 14.4. The van der Waals surface area contributed by atoms with Gasteiger partial charge < -0.3 is 15.1 Å². The van der Waals surface area contributed by atoms with E-state index >= 15 is 4.39 Å². The van der Waals surface area contributed by atoms with Gasteiger partial charge in [0.25, 0.3) is 0 Å².